The lowest BCUT2D eigenvalue weighted by atomic mass is 10.1. The molecule has 1 aromatic heterocycles. The van der Waals surface area contributed by atoms with E-state index in [-0.39, 0.29) is 0 Å². The molecule has 1 fully saturated rings. The Kier molecular flexibility index (Phi) is 4.42. The molecule has 0 aromatic carbocycles. The lowest BCUT2D eigenvalue weighted by molar-refractivity contribution is 0.304. The summed E-state index contributed by atoms with van der Waals surface area (Å²) < 4.78 is 5.50. The van der Waals surface area contributed by atoms with E-state index >= 15 is 0 Å². The zero-order valence-electron chi connectivity index (χ0n) is 10.1. The van der Waals surface area contributed by atoms with Crippen molar-refractivity contribution in [2.75, 3.05) is 24.6 Å². The fourth-order valence-corrected chi connectivity index (χ4v) is 2.06. The predicted molar refractivity (Wildman–Crippen MR) is 68.9 cm³/mol. The highest BCUT2D eigenvalue weighted by molar-refractivity contribution is 6.20. The molecular formula is C12H18ClN3O. The van der Waals surface area contributed by atoms with Crippen LogP contribution in [0.4, 0.5) is 5.82 Å². The van der Waals surface area contributed by atoms with Gasteiger partial charge in [0.2, 0.25) is 5.88 Å². The van der Waals surface area contributed by atoms with Gasteiger partial charge in [-0.05, 0) is 19.3 Å². The van der Waals surface area contributed by atoms with Crippen LogP contribution in [0.1, 0.15) is 26.2 Å². The molecule has 0 aliphatic carbocycles. The Bertz CT molecular complexity index is 353. The summed E-state index contributed by atoms with van der Waals surface area (Å²) in [5.74, 6) is 1.60. The third-order valence-electron chi connectivity index (χ3n) is 2.83. The molecular weight excluding hydrogens is 238 g/mol. The van der Waals surface area contributed by atoms with E-state index in [1.54, 1.807) is 6.33 Å². The number of aromatic nitrogens is 2. The Morgan fingerprint density at radius 3 is 2.88 bits per heavy atom. The van der Waals surface area contributed by atoms with E-state index in [0.29, 0.717) is 17.9 Å². The summed E-state index contributed by atoms with van der Waals surface area (Å²) in [6.45, 7) is 4.68. The van der Waals surface area contributed by atoms with Gasteiger partial charge in [0.05, 0.1) is 6.61 Å². The van der Waals surface area contributed by atoms with Crippen LogP contribution < -0.4 is 9.64 Å². The monoisotopic (exact) mass is 255 g/mol. The molecule has 0 bridgehead atoms. The van der Waals surface area contributed by atoms with Crippen molar-refractivity contribution in [3.05, 3.63) is 12.4 Å². The maximum atomic E-state index is 6.09. The van der Waals surface area contributed by atoms with Crippen LogP contribution in [0, 0.1) is 0 Å². The van der Waals surface area contributed by atoms with Crippen molar-refractivity contribution in [2.45, 2.75) is 31.6 Å². The van der Waals surface area contributed by atoms with Gasteiger partial charge in [-0.2, -0.15) is 0 Å². The van der Waals surface area contributed by atoms with Gasteiger partial charge in [-0.3, -0.25) is 0 Å². The Morgan fingerprint density at radius 1 is 1.41 bits per heavy atom. The minimum atomic E-state index is 0.309. The van der Waals surface area contributed by atoms with Gasteiger partial charge in [-0.25, -0.2) is 9.97 Å². The highest BCUT2D eigenvalue weighted by Crippen LogP contribution is 2.22. The smallest absolute Gasteiger partial charge is 0.218 e. The topological polar surface area (TPSA) is 38.2 Å². The lowest BCUT2D eigenvalue weighted by Crippen LogP contribution is -2.34. The molecule has 1 saturated heterocycles. The first kappa shape index (κ1) is 12.4. The summed E-state index contributed by atoms with van der Waals surface area (Å²) in [5, 5.41) is 0.309. The summed E-state index contributed by atoms with van der Waals surface area (Å²) in [7, 11) is 0. The first-order valence-corrected chi connectivity index (χ1v) is 6.57. The highest BCUT2D eigenvalue weighted by Gasteiger charge is 2.18. The van der Waals surface area contributed by atoms with Crippen molar-refractivity contribution in [3.8, 4) is 5.88 Å². The fraction of sp³-hybridized carbons (Fsp3) is 0.667. The van der Waals surface area contributed by atoms with Crippen molar-refractivity contribution in [1.29, 1.82) is 0 Å². The van der Waals surface area contributed by atoms with Crippen LogP contribution in [0.5, 0.6) is 5.88 Å². The zero-order valence-corrected chi connectivity index (χ0v) is 10.9. The lowest BCUT2D eigenvalue weighted by Gasteiger charge is -2.30. The summed E-state index contributed by atoms with van der Waals surface area (Å²) in [6.07, 6.45) is 4.57. The maximum absolute atomic E-state index is 6.09. The molecule has 1 aliphatic rings. The Labute approximate surface area is 107 Å². The molecule has 1 aliphatic heterocycles. The number of anilines is 1. The van der Waals surface area contributed by atoms with E-state index in [1.807, 2.05) is 6.07 Å². The van der Waals surface area contributed by atoms with Crippen LogP contribution in [0.2, 0.25) is 0 Å². The maximum Gasteiger partial charge on any atom is 0.218 e. The molecule has 0 saturated carbocycles. The SMILES string of the molecule is CCCOc1cc(N2CCC(Cl)CC2)ncn1. The average Bonchev–Trinajstić information content (AvgIpc) is 2.37. The molecule has 17 heavy (non-hydrogen) atoms. The van der Waals surface area contributed by atoms with Gasteiger partial charge in [0.25, 0.3) is 0 Å². The van der Waals surface area contributed by atoms with Gasteiger partial charge in [0.1, 0.15) is 12.1 Å². The normalized spacial score (nSPS) is 17.2. The van der Waals surface area contributed by atoms with E-state index in [1.165, 1.54) is 0 Å². The van der Waals surface area contributed by atoms with Crippen LogP contribution in [-0.4, -0.2) is 35.0 Å². The minimum Gasteiger partial charge on any atom is -0.478 e. The molecule has 0 radical (unpaired) electrons. The predicted octanol–water partition coefficient (Wildman–Crippen LogP) is 2.47. The number of piperidine rings is 1. The number of rotatable bonds is 4. The average molecular weight is 256 g/mol. The number of alkyl halides is 1. The molecule has 0 N–H and O–H groups in total. The Hall–Kier alpha value is -1.03. The van der Waals surface area contributed by atoms with Gasteiger partial charge in [0.15, 0.2) is 0 Å². The zero-order chi connectivity index (χ0) is 12.1. The van der Waals surface area contributed by atoms with Crippen LogP contribution in [0.3, 0.4) is 0 Å². The van der Waals surface area contributed by atoms with E-state index in [2.05, 4.69) is 21.8 Å². The summed E-state index contributed by atoms with van der Waals surface area (Å²) in [4.78, 5) is 10.6. The van der Waals surface area contributed by atoms with Crippen molar-refractivity contribution < 1.29 is 4.74 Å². The number of ether oxygens (including phenoxy) is 1. The highest BCUT2D eigenvalue weighted by atomic mass is 35.5. The number of hydrogen-bond acceptors (Lipinski definition) is 4. The van der Waals surface area contributed by atoms with Gasteiger partial charge in [-0.1, -0.05) is 6.92 Å². The molecule has 0 unspecified atom stereocenters. The van der Waals surface area contributed by atoms with Gasteiger partial charge < -0.3 is 9.64 Å². The van der Waals surface area contributed by atoms with Gasteiger partial charge in [0, 0.05) is 24.5 Å². The number of halogens is 1. The fourth-order valence-electron chi connectivity index (χ4n) is 1.87. The van der Waals surface area contributed by atoms with Crippen molar-refractivity contribution in [2.24, 2.45) is 0 Å². The van der Waals surface area contributed by atoms with E-state index in [9.17, 15) is 0 Å². The Morgan fingerprint density at radius 2 is 2.18 bits per heavy atom. The van der Waals surface area contributed by atoms with Crippen molar-refractivity contribution >= 4 is 17.4 Å². The van der Waals surface area contributed by atoms with Gasteiger partial charge >= 0.3 is 0 Å². The van der Waals surface area contributed by atoms with Gasteiger partial charge in [-0.15, -0.1) is 11.6 Å². The molecule has 1 aromatic rings. The third-order valence-corrected chi connectivity index (χ3v) is 3.27. The van der Waals surface area contributed by atoms with Crippen molar-refractivity contribution in [1.82, 2.24) is 9.97 Å². The third kappa shape index (κ3) is 3.46. The number of nitrogens with zero attached hydrogens (tertiary/aromatic N) is 3. The summed E-state index contributed by atoms with van der Waals surface area (Å²) >= 11 is 6.09. The standard InChI is InChI=1S/C12H18ClN3O/c1-2-7-17-12-8-11(14-9-15-12)16-5-3-10(13)4-6-16/h8-10H,2-7H2,1H3. The van der Waals surface area contributed by atoms with Crippen LogP contribution in [-0.2, 0) is 0 Å². The van der Waals surface area contributed by atoms with Crippen LogP contribution in [0.25, 0.3) is 0 Å². The molecule has 0 amide bonds. The second-order valence-electron chi connectivity index (χ2n) is 4.22. The minimum absolute atomic E-state index is 0.309. The number of hydrogen-bond donors (Lipinski definition) is 0. The summed E-state index contributed by atoms with van der Waals surface area (Å²) in [6, 6.07) is 1.91. The quantitative estimate of drug-likeness (QED) is 0.775. The molecule has 4 nitrogen and oxygen atoms in total. The molecule has 0 atom stereocenters. The molecule has 2 heterocycles. The second kappa shape index (κ2) is 6.05. The Balaban J connectivity index is 2.00. The summed E-state index contributed by atoms with van der Waals surface area (Å²) in [5.41, 5.74) is 0. The molecule has 0 spiro atoms. The van der Waals surface area contributed by atoms with E-state index in [4.69, 9.17) is 16.3 Å². The first-order chi connectivity index (χ1) is 8.29. The molecule has 94 valence electrons. The molecule has 2 rings (SSSR count). The van der Waals surface area contributed by atoms with Crippen LogP contribution in [0.15, 0.2) is 12.4 Å². The van der Waals surface area contributed by atoms with Crippen LogP contribution >= 0.6 is 11.6 Å². The molecule has 5 heteroatoms. The first-order valence-electron chi connectivity index (χ1n) is 6.13. The second-order valence-corrected chi connectivity index (χ2v) is 4.84. The van der Waals surface area contributed by atoms with E-state index in [0.717, 1.165) is 38.2 Å². The van der Waals surface area contributed by atoms with Crippen molar-refractivity contribution in [3.63, 3.8) is 0 Å². The largest absolute Gasteiger partial charge is 0.478 e. The van der Waals surface area contributed by atoms with E-state index < -0.39 is 0 Å².